The Labute approximate surface area is 119 Å². The van der Waals surface area contributed by atoms with Crippen LogP contribution in [-0.2, 0) is 6.54 Å². The summed E-state index contributed by atoms with van der Waals surface area (Å²) in [6, 6.07) is 6.82. The summed E-state index contributed by atoms with van der Waals surface area (Å²) in [6.45, 7) is 9.29. The number of imidazole rings is 1. The van der Waals surface area contributed by atoms with E-state index in [1.165, 1.54) is 16.6 Å². The van der Waals surface area contributed by atoms with Gasteiger partial charge in [0.15, 0.2) is 0 Å². The maximum absolute atomic E-state index is 4.60. The number of hydrogen-bond acceptors (Lipinski definition) is 2. The topological polar surface area (TPSA) is 35.6 Å². The Morgan fingerprint density at radius 3 is 2.60 bits per heavy atom. The molecule has 0 radical (unpaired) electrons. The first kappa shape index (κ1) is 12.9. The first-order valence-corrected chi connectivity index (χ1v) is 7.00. The SMILES string of the molecule is Cc1cc2ncn(Cc3ccn(C(C)C)n3)c2cc1C. The zero-order chi connectivity index (χ0) is 14.3. The van der Waals surface area contributed by atoms with Gasteiger partial charge in [0.1, 0.15) is 0 Å². The normalized spacial score (nSPS) is 11.7. The number of rotatable bonds is 3. The van der Waals surface area contributed by atoms with Crippen LogP contribution < -0.4 is 0 Å². The van der Waals surface area contributed by atoms with E-state index < -0.39 is 0 Å². The molecule has 1 aromatic carbocycles. The zero-order valence-corrected chi connectivity index (χ0v) is 12.5. The van der Waals surface area contributed by atoms with Gasteiger partial charge in [-0.05, 0) is 57.0 Å². The number of nitrogens with zero attached hydrogens (tertiary/aromatic N) is 4. The second-order valence-corrected chi connectivity index (χ2v) is 5.68. The Kier molecular flexibility index (Phi) is 3.08. The Bertz CT molecular complexity index is 749. The molecule has 4 heteroatoms. The molecule has 3 aromatic rings. The fourth-order valence-corrected chi connectivity index (χ4v) is 2.36. The van der Waals surface area contributed by atoms with Crippen LogP contribution in [0, 0.1) is 13.8 Å². The molecule has 0 saturated carbocycles. The molecule has 20 heavy (non-hydrogen) atoms. The molecule has 104 valence electrons. The molecular weight excluding hydrogens is 248 g/mol. The third-order valence-electron chi connectivity index (χ3n) is 3.76. The Morgan fingerprint density at radius 2 is 1.90 bits per heavy atom. The summed E-state index contributed by atoms with van der Waals surface area (Å²) in [7, 11) is 0. The molecule has 0 N–H and O–H groups in total. The van der Waals surface area contributed by atoms with Gasteiger partial charge in [-0.2, -0.15) is 5.10 Å². The summed E-state index contributed by atoms with van der Waals surface area (Å²) in [4.78, 5) is 4.49. The monoisotopic (exact) mass is 268 g/mol. The predicted octanol–water partition coefficient (Wildman–Crippen LogP) is 3.48. The van der Waals surface area contributed by atoms with Gasteiger partial charge in [-0.1, -0.05) is 0 Å². The van der Waals surface area contributed by atoms with Gasteiger partial charge in [0.05, 0.1) is 29.6 Å². The van der Waals surface area contributed by atoms with Crippen LogP contribution in [0.1, 0.15) is 36.7 Å². The lowest BCUT2D eigenvalue weighted by Crippen LogP contribution is -2.04. The van der Waals surface area contributed by atoms with Crippen molar-refractivity contribution in [3.8, 4) is 0 Å². The molecule has 0 fully saturated rings. The molecule has 0 unspecified atom stereocenters. The van der Waals surface area contributed by atoms with Crippen molar-refractivity contribution in [2.24, 2.45) is 0 Å². The highest BCUT2D eigenvalue weighted by Gasteiger charge is 2.08. The highest BCUT2D eigenvalue weighted by atomic mass is 15.3. The van der Waals surface area contributed by atoms with Gasteiger partial charge in [-0.25, -0.2) is 4.98 Å². The van der Waals surface area contributed by atoms with Crippen molar-refractivity contribution in [3.05, 3.63) is 47.5 Å². The van der Waals surface area contributed by atoms with Crippen LogP contribution in [0.5, 0.6) is 0 Å². The Morgan fingerprint density at radius 1 is 1.15 bits per heavy atom. The standard InChI is InChI=1S/C16H20N4/c1-11(2)20-6-5-14(18-20)9-19-10-17-15-7-12(3)13(4)8-16(15)19/h5-8,10-11H,9H2,1-4H3. The van der Waals surface area contributed by atoms with Crippen LogP contribution >= 0.6 is 0 Å². The van der Waals surface area contributed by atoms with Gasteiger partial charge >= 0.3 is 0 Å². The molecule has 4 nitrogen and oxygen atoms in total. The molecular formula is C16H20N4. The number of fused-ring (bicyclic) bond motifs is 1. The van der Waals surface area contributed by atoms with Crippen LogP contribution in [0.2, 0.25) is 0 Å². The summed E-state index contributed by atoms with van der Waals surface area (Å²) in [5.74, 6) is 0. The predicted molar refractivity (Wildman–Crippen MR) is 80.9 cm³/mol. The molecule has 3 rings (SSSR count). The van der Waals surface area contributed by atoms with E-state index in [1.54, 1.807) is 0 Å². The molecule has 0 amide bonds. The fourth-order valence-electron chi connectivity index (χ4n) is 2.36. The molecule has 2 aromatic heterocycles. The van der Waals surface area contributed by atoms with Crippen molar-refractivity contribution < 1.29 is 0 Å². The second-order valence-electron chi connectivity index (χ2n) is 5.68. The van der Waals surface area contributed by atoms with Gasteiger partial charge in [-0.15, -0.1) is 0 Å². The third kappa shape index (κ3) is 2.22. The summed E-state index contributed by atoms with van der Waals surface area (Å²) >= 11 is 0. The summed E-state index contributed by atoms with van der Waals surface area (Å²) in [5, 5.41) is 4.60. The molecule has 2 heterocycles. The van der Waals surface area contributed by atoms with E-state index in [1.807, 2.05) is 17.2 Å². The minimum absolute atomic E-state index is 0.396. The minimum atomic E-state index is 0.396. The summed E-state index contributed by atoms with van der Waals surface area (Å²) < 4.78 is 4.15. The van der Waals surface area contributed by atoms with Gasteiger partial charge in [-0.3, -0.25) is 4.68 Å². The van der Waals surface area contributed by atoms with Crippen LogP contribution in [0.4, 0.5) is 0 Å². The van der Waals surface area contributed by atoms with Gasteiger partial charge in [0, 0.05) is 12.2 Å². The first-order chi connectivity index (χ1) is 9.54. The van der Waals surface area contributed by atoms with Crippen LogP contribution in [0.15, 0.2) is 30.7 Å². The summed E-state index contributed by atoms with van der Waals surface area (Å²) in [6.07, 6.45) is 3.94. The van der Waals surface area contributed by atoms with Gasteiger partial charge in [0.25, 0.3) is 0 Å². The molecule has 0 atom stereocenters. The number of hydrogen-bond donors (Lipinski definition) is 0. The van der Waals surface area contributed by atoms with E-state index >= 15 is 0 Å². The van der Waals surface area contributed by atoms with Crippen molar-refractivity contribution in [3.63, 3.8) is 0 Å². The van der Waals surface area contributed by atoms with Crippen molar-refractivity contribution in [2.45, 2.75) is 40.3 Å². The first-order valence-electron chi connectivity index (χ1n) is 7.00. The molecule has 0 bridgehead atoms. The van der Waals surface area contributed by atoms with E-state index in [0.717, 1.165) is 17.8 Å². The van der Waals surface area contributed by atoms with Gasteiger partial charge in [0.2, 0.25) is 0 Å². The lowest BCUT2D eigenvalue weighted by molar-refractivity contribution is 0.524. The third-order valence-corrected chi connectivity index (χ3v) is 3.76. The van der Waals surface area contributed by atoms with Crippen molar-refractivity contribution in [2.75, 3.05) is 0 Å². The molecule has 0 aliphatic carbocycles. The Balaban J connectivity index is 1.96. The number of benzene rings is 1. The van der Waals surface area contributed by atoms with Crippen LogP contribution in [0.3, 0.4) is 0 Å². The second kappa shape index (κ2) is 4.78. The largest absolute Gasteiger partial charge is 0.324 e. The Hall–Kier alpha value is -2.10. The van der Waals surface area contributed by atoms with E-state index in [2.05, 4.69) is 60.5 Å². The number of aryl methyl sites for hydroxylation is 2. The number of aromatic nitrogens is 4. The van der Waals surface area contributed by atoms with E-state index in [9.17, 15) is 0 Å². The van der Waals surface area contributed by atoms with Gasteiger partial charge < -0.3 is 4.57 Å². The molecule has 0 aliphatic rings. The fraction of sp³-hybridized carbons (Fsp3) is 0.375. The average Bonchev–Trinajstić information content (AvgIpc) is 3.00. The molecule has 0 spiro atoms. The van der Waals surface area contributed by atoms with Crippen molar-refractivity contribution in [1.82, 2.24) is 19.3 Å². The zero-order valence-electron chi connectivity index (χ0n) is 12.5. The smallest absolute Gasteiger partial charge is 0.0962 e. The highest BCUT2D eigenvalue weighted by Crippen LogP contribution is 2.19. The minimum Gasteiger partial charge on any atom is -0.324 e. The van der Waals surface area contributed by atoms with E-state index in [0.29, 0.717) is 6.04 Å². The lowest BCUT2D eigenvalue weighted by atomic mass is 10.1. The molecule has 0 aliphatic heterocycles. The van der Waals surface area contributed by atoms with E-state index in [-0.39, 0.29) is 0 Å². The highest BCUT2D eigenvalue weighted by molar-refractivity contribution is 5.77. The van der Waals surface area contributed by atoms with Crippen molar-refractivity contribution in [1.29, 1.82) is 0 Å². The lowest BCUT2D eigenvalue weighted by Gasteiger charge is -2.06. The van der Waals surface area contributed by atoms with Crippen LogP contribution in [0.25, 0.3) is 11.0 Å². The summed E-state index contributed by atoms with van der Waals surface area (Å²) in [5.41, 5.74) is 5.87. The van der Waals surface area contributed by atoms with Crippen LogP contribution in [-0.4, -0.2) is 19.3 Å². The maximum atomic E-state index is 4.60. The molecule has 0 saturated heterocycles. The van der Waals surface area contributed by atoms with E-state index in [4.69, 9.17) is 0 Å². The van der Waals surface area contributed by atoms with Crippen molar-refractivity contribution >= 4 is 11.0 Å². The maximum Gasteiger partial charge on any atom is 0.0962 e. The average molecular weight is 268 g/mol. The quantitative estimate of drug-likeness (QED) is 0.729.